The van der Waals surface area contributed by atoms with Crippen molar-refractivity contribution in [3.05, 3.63) is 72.6 Å². The second-order valence-electron chi connectivity index (χ2n) is 6.35. The maximum atomic E-state index is 5.92. The minimum absolute atomic E-state index is 0.0166. The lowest BCUT2D eigenvalue weighted by atomic mass is 10.1. The van der Waals surface area contributed by atoms with Gasteiger partial charge < -0.3 is 8.98 Å². The van der Waals surface area contributed by atoms with E-state index in [9.17, 15) is 0 Å². The first kappa shape index (κ1) is 17.5. The molecule has 4 rings (SSSR count). The summed E-state index contributed by atoms with van der Waals surface area (Å²) in [6.45, 7) is 8.67. The molecule has 2 aromatic heterocycles. The van der Waals surface area contributed by atoms with Crippen LogP contribution in [0.3, 0.4) is 0 Å². The van der Waals surface area contributed by atoms with E-state index in [0.717, 1.165) is 21.8 Å². The molecular formula is C21H20N4OS. The highest BCUT2D eigenvalue weighted by molar-refractivity contribution is 7.99. The van der Waals surface area contributed by atoms with Gasteiger partial charge in [-0.05, 0) is 38.1 Å². The monoisotopic (exact) mass is 376 g/mol. The number of fused-ring (bicyclic) bond motifs is 1. The normalized spacial score (nSPS) is 12.4. The van der Waals surface area contributed by atoms with E-state index in [2.05, 4.69) is 41.3 Å². The molecule has 2 aromatic carbocycles. The second kappa shape index (κ2) is 7.40. The van der Waals surface area contributed by atoms with Crippen LogP contribution >= 0.6 is 11.8 Å². The van der Waals surface area contributed by atoms with E-state index in [1.807, 2.05) is 48.5 Å². The molecule has 1 unspecified atom stereocenters. The maximum absolute atomic E-state index is 5.92. The Balaban J connectivity index is 1.60. The van der Waals surface area contributed by atoms with Gasteiger partial charge in [-0.15, -0.1) is 16.8 Å². The highest BCUT2D eigenvalue weighted by atomic mass is 32.2. The molecule has 0 radical (unpaired) electrons. The number of aromatic nitrogens is 4. The smallest absolute Gasteiger partial charge is 0.247 e. The molecule has 4 aromatic rings. The van der Waals surface area contributed by atoms with Gasteiger partial charge in [0.05, 0.1) is 16.3 Å². The number of nitrogens with zero attached hydrogens (tertiary/aromatic N) is 4. The fourth-order valence-corrected chi connectivity index (χ4v) is 3.83. The Morgan fingerprint density at radius 2 is 1.93 bits per heavy atom. The number of rotatable bonds is 6. The summed E-state index contributed by atoms with van der Waals surface area (Å²) >= 11 is 1.61. The zero-order valence-corrected chi connectivity index (χ0v) is 16.1. The molecule has 0 amide bonds. The van der Waals surface area contributed by atoms with Gasteiger partial charge in [-0.1, -0.05) is 47.7 Å². The van der Waals surface area contributed by atoms with Gasteiger partial charge in [0, 0.05) is 12.1 Å². The van der Waals surface area contributed by atoms with Crippen LogP contribution in [0.25, 0.3) is 22.5 Å². The third kappa shape index (κ3) is 3.53. The number of para-hydroxylation sites is 2. The Morgan fingerprint density at radius 1 is 1.15 bits per heavy atom. The van der Waals surface area contributed by atoms with Gasteiger partial charge in [0.25, 0.3) is 0 Å². The van der Waals surface area contributed by atoms with Gasteiger partial charge in [-0.25, -0.2) is 4.98 Å². The number of thioether (sulfide) groups is 1. The third-order valence-electron chi connectivity index (χ3n) is 4.30. The molecule has 0 fully saturated rings. The molecule has 1 atom stereocenters. The molecule has 27 heavy (non-hydrogen) atoms. The van der Waals surface area contributed by atoms with Gasteiger partial charge in [-0.2, -0.15) is 0 Å². The first-order valence-corrected chi connectivity index (χ1v) is 9.67. The fourth-order valence-electron chi connectivity index (χ4n) is 2.87. The average molecular weight is 376 g/mol. The summed E-state index contributed by atoms with van der Waals surface area (Å²) in [4.78, 5) is 4.76. The number of imidazole rings is 1. The van der Waals surface area contributed by atoms with Crippen molar-refractivity contribution in [2.45, 2.75) is 30.8 Å². The van der Waals surface area contributed by atoms with E-state index in [1.165, 1.54) is 5.56 Å². The summed E-state index contributed by atoms with van der Waals surface area (Å²) in [5.41, 5.74) is 4.19. The van der Waals surface area contributed by atoms with E-state index in [0.29, 0.717) is 18.3 Å². The Bertz CT molecular complexity index is 1080. The zero-order chi connectivity index (χ0) is 18.8. The summed E-state index contributed by atoms with van der Waals surface area (Å²) in [7, 11) is 0. The molecule has 0 bridgehead atoms. The van der Waals surface area contributed by atoms with E-state index in [-0.39, 0.29) is 5.25 Å². The Morgan fingerprint density at radius 3 is 2.70 bits per heavy atom. The van der Waals surface area contributed by atoms with E-state index >= 15 is 0 Å². The predicted molar refractivity (Wildman–Crippen MR) is 109 cm³/mol. The molecular weight excluding hydrogens is 356 g/mol. The van der Waals surface area contributed by atoms with Crippen molar-refractivity contribution in [3.8, 4) is 11.5 Å². The lowest BCUT2D eigenvalue weighted by Gasteiger charge is -2.09. The highest BCUT2D eigenvalue weighted by Gasteiger charge is 2.20. The van der Waals surface area contributed by atoms with Crippen molar-refractivity contribution in [3.63, 3.8) is 0 Å². The van der Waals surface area contributed by atoms with E-state index < -0.39 is 0 Å². The predicted octanol–water partition coefficient (Wildman–Crippen LogP) is 5.43. The summed E-state index contributed by atoms with van der Waals surface area (Å²) in [6.07, 6.45) is 1.88. The van der Waals surface area contributed by atoms with Crippen molar-refractivity contribution in [1.29, 1.82) is 0 Å². The summed E-state index contributed by atoms with van der Waals surface area (Å²) in [5, 5.41) is 9.35. The van der Waals surface area contributed by atoms with Crippen molar-refractivity contribution >= 4 is 22.8 Å². The average Bonchev–Trinajstić information content (AvgIpc) is 3.29. The number of benzene rings is 2. The molecule has 0 aliphatic heterocycles. The SMILES string of the molecule is C=CCn1c(SC(C)c2nnc(-c3ccc(C)cc3)o2)nc2ccccc21. The second-order valence-corrected chi connectivity index (χ2v) is 7.66. The van der Waals surface area contributed by atoms with Gasteiger partial charge in [0.15, 0.2) is 5.16 Å². The fraction of sp³-hybridized carbons (Fsp3) is 0.190. The van der Waals surface area contributed by atoms with E-state index in [4.69, 9.17) is 9.40 Å². The molecule has 136 valence electrons. The van der Waals surface area contributed by atoms with Crippen LogP contribution in [-0.4, -0.2) is 19.7 Å². The highest BCUT2D eigenvalue weighted by Crippen LogP contribution is 2.36. The number of aryl methyl sites for hydroxylation is 1. The van der Waals surface area contributed by atoms with Crippen molar-refractivity contribution in [2.24, 2.45) is 0 Å². The summed E-state index contributed by atoms with van der Waals surface area (Å²) < 4.78 is 8.07. The van der Waals surface area contributed by atoms with Crippen LogP contribution in [0.1, 0.15) is 23.6 Å². The quantitative estimate of drug-likeness (QED) is 0.331. The van der Waals surface area contributed by atoms with Crippen LogP contribution in [-0.2, 0) is 6.54 Å². The standard InChI is InChI=1S/C21H20N4OS/c1-4-13-25-18-8-6-5-7-17(18)22-21(25)27-15(3)19-23-24-20(26-19)16-11-9-14(2)10-12-16/h4-12,15H,1,13H2,2-3H3. The lowest BCUT2D eigenvalue weighted by molar-refractivity contribution is 0.508. The molecule has 0 spiro atoms. The van der Waals surface area contributed by atoms with Gasteiger partial charge in [0.2, 0.25) is 11.8 Å². The minimum Gasteiger partial charge on any atom is -0.419 e. The van der Waals surface area contributed by atoms with Gasteiger partial charge in [0.1, 0.15) is 0 Å². The largest absolute Gasteiger partial charge is 0.419 e. The zero-order valence-electron chi connectivity index (χ0n) is 15.3. The molecule has 6 heteroatoms. The Hall–Kier alpha value is -2.86. The number of allylic oxidation sites excluding steroid dienone is 1. The number of hydrogen-bond acceptors (Lipinski definition) is 5. The van der Waals surface area contributed by atoms with Crippen LogP contribution in [0.2, 0.25) is 0 Å². The Kier molecular flexibility index (Phi) is 4.81. The first-order chi connectivity index (χ1) is 13.2. The van der Waals surface area contributed by atoms with Crippen LogP contribution in [0.4, 0.5) is 0 Å². The van der Waals surface area contributed by atoms with Crippen LogP contribution in [0.15, 0.2) is 70.8 Å². The van der Waals surface area contributed by atoms with Gasteiger partial charge >= 0.3 is 0 Å². The van der Waals surface area contributed by atoms with E-state index in [1.54, 1.807) is 11.8 Å². The maximum Gasteiger partial charge on any atom is 0.247 e. The molecule has 2 heterocycles. The van der Waals surface area contributed by atoms with Gasteiger partial charge in [-0.3, -0.25) is 0 Å². The topological polar surface area (TPSA) is 56.7 Å². The molecule has 0 N–H and O–H groups in total. The summed E-state index contributed by atoms with van der Waals surface area (Å²) in [5.74, 6) is 1.13. The molecule has 0 saturated heterocycles. The van der Waals surface area contributed by atoms with Crippen LogP contribution in [0.5, 0.6) is 0 Å². The van der Waals surface area contributed by atoms with Crippen molar-refractivity contribution in [1.82, 2.24) is 19.7 Å². The number of hydrogen-bond donors (Lipinski definition) is 0. The van der Waals surface area contributed by atoms with Crippen LogP contribution < -0.4 is 0 Å². The minimum atomic E-state index is -0.0166. The van der Waals surface area contributed by atoms with Crippen molar-refractivity contribution < 1.29 is 4.42 Å². The molecule has 0 saturated carbocycles. The summed E-state index contributed by atoms with van der Waals surface area (Å²) in [6, 6.07) is 16.2. The van der Waals surface area contributed by atoms with Crippen molar-refractivity contribution in [2.75, 3.05) is 0 Å². The van der Waals surface area contributed by atoms with Crippen LogP contribution in [0, 0.1) is 6.92 Å². The molecule has 0 aliphatic rings. The molecule has 5 nitrogen and oxygen atoms in total. The molecule has 0 aliphatic carbocycles. The lowest BCUT2D eigenvalue weighted by Crippen LogP contribution is -1.99. The Labute approximate surface area is 162 Å². The third-order valence-corrected chi connectivity index (χ3v) is 5.38. The first-order valence-electron chi connectivity index (χ1n) is 8.79.